The predicted octanol–water partition coefficient (Wildman–Crippen LogP) is 3.57. The Morgan fingerprint density at radius 1 is 0.913 bits per heavy atom. The van der Waals surface area contributed by atoms with Gasteiger partial charge in [0.25, 0.3) is 19.1 Å². The first-order valence-electron chi connectivity index (χ1n) is 6.27. The van der Waals surface area contributed by atoms with Crippen LogP contribution in [0.2, 0.25) is 0 Å². The van der Waals surface area contributed by atoms with E-state index in [-0.39, 0.29) is 10.4 Å². The molecule has 1 aromatic heterocycles. The molecule has 0 radical (unpaired) electrons. The minimum Gasteiger partial charge on any atom is -0.221 e. The van der Waals surface area contributed by atoms with Crippen molar-refractivity contribution in [2.45, 2.75) is 9.92 Å². The van der Waals surface area contributed by atoms with Crippen LogP contribution >= 0.6 is 26.6 Å². The van der Waals surface area contributed by atoms with Crippen molar-refractivity contribution in [2.24, 2.45) is 0 Å². The zero-order valence-corrected chi connectivity index (χ0v) is 15.3. The van der Waals surface area contributed by atoms with Crippen LogP contribution in [0, 0.1) is 0 Å². The molecule has 0 atom stereocenters. The van der Waals surface area contributed by atoms with Crippen molar-refractivity contribution < 1.29 is 16.8 Å². The van der Waals surface area contributed by atoms with Crippen LogP contribution in [-0.4, -0.2) is 20.8 Å². The number of hydrogen-bond donors (Lipinski definition) is 0. The van der Waals surface area contributed by atoms with Crippen molar-refractivity contribution in [3.8, 4) is 0 Å². The van der Waals surface area contributed by atoms with E-state index in [4.69, 9.17) is 10.7 Å². The van der Waals surface area contributed by atoms with E-state index >= 15 is 0 Å². The topological polar surface area (TPSA) is 73.2 Å². The molecule has 0 aliphatic heterocycles. The lowest BCUT2D eigenvalue weighted by Gasteiger charge is -2.10. The first-order chi connectivity index (χ1) is 10.7. The van der Waals surface area contributed by atoms with Gasteiger partial charge < -0.3 is 0 Å². The first kappa shape index (κ1) is 16.5. The summed E-state index contributed by atoms with van der Waals surface area (Å²) in [6, 6.07) is 13.6. The van der Waals surface area contributed by atoms with Crippen LogP contribution in [0.25, 0.3) is 10.9 Å². The van der Waals surface area contributed by atoms with Crippen molar-refractivity contribution >= 4 is 56.6 Å². The largest absolute Gasteiger partial charge is 0.277 e. The summed E-state index contributed by atoms with van der Waals surface area (Å²) in [4.78, 5) is -0.0259. The van der Waals surface area contributed by atoms with Crippen molar-refractivity contribution in [3.05, 3.63) is 59.1 Å². The Bertz CT molecular complexity index is 1110. The van der Waals surface area contributed by atoms with Gasteiger partial charge in [-0.3, -0.25) is 0 Å². The molecule has 0 bridgehead atoms. The van der Waals surface area contributed by atoms with E-state index in [0.717, 1.165) is 3.97 Å². The van der Waals surface area contributed by atoms with Crippen molar-refractivity contribution in [1.29, 1.82) is 0 Å². The fourth-order valence-electron chi connectivity index (χ4n) is 2.25. The number of rotatable bonds is 3. The number of hydrogen-bond acceptors (Lipinski definition) is 4. The predicted molar refractivity (Wildman–Crippen MR) is 91.7 cm³/mol. The molecule has 0 N–H and O–H groups in total. The SMILES string of the molecule is O=S(=O)(Cl)c1cc2cc(Br)ccc2n1S(=O)(=O)c1ccccc1. The lowest BCUT2D eigenvalue weighted by atomic mass is 10.3. The van der Waals surface area contributed by atoms with Gasteiger partial charge in [-0.25, -0.2) is 20.8 Å². The van der Waals surface area contributed by atoms with Gasteiger partial charge in [0.05, 0.1) is 10.4 Å². The highest BCUT2D eigenvalue weighted by Crippen LogP contribution is 2.31. The third-order valence-electron chi connectivity index (χ3n) is 3.22. The van der Waals surface area contributed by atoms with E-state index in [2.05, 4.69) is 15.9 Å². The Morgan fingerprint density at radius 3 is 2.17 bits per heavy atom. The summed E-state index contributed by atoms with van der Waals surface area (Å²) in [5.41, 5.74) is 0.233. The summed E-state index contributed by atoms with van der Waals surface area (Å²) < 4.78 is 50.9. The summed E-state index contributed by atoms with van der Waals surface area (Å²) in [5, 5.41) is -0.0470. The van der Waals surface area contributed by atoms with Gasteiger partial charge in [-0.2, -0.15) is 0 Å². The van der Waals surface area contributed by atoms with Crippen LogP contribution in [0.5, 0.6) is 0 Å². The summed E-state index contributed by atoms with van der Waals surface area (Å²) in [5.74, 6) is 0. The maximum Gasteiger partial charge on any atom is 0.277 e. The van der Waals surface area contributed by atoms with Gasteiger partial charge >= 0.3 is 0 Å². The maximum atomic E-state index is 12.9. The van der Waals surface area contributed by atoms with Crippen molar-refractivity contribution in [2.75, 3.05) is 0 Å². The van der Waals surface area contributed by atoms with Gasteiger partial charge in [0.15, 0.2) is 5.03 Å². The standard InChI is InChI=1S/C14H9BrClNO4S2/c15-11-6-7-13-10(8-11)9-14(22(16,18)19)17(13)23(20,21)12-4-2-1-3-5-12/h1-9H. The zero-order chi connectivity index (χ0) is 16.8. The molecular weight excluding hydrogens is 426 g/mol. The smallest absolute Gasteiger partial charge is 0.221 e. The molecule has 120 valence electrons. The minimum atomic E-state index is -4.26. The second kappa shape index (κ2) is 5.62. The van der Waals surface area contributed by atoms with Gasteiger partial charge in [-0.05, 0) is 36.4 Å². The van der Waals surface area contributed by atoms with Crippen LogP contribution in [0.1, 0.15) is 0 Å². The molecule has 23 heavy (non-hydrogen) atoms. The Balaban J connectivity index is 2.45. The summed E-state index contributed by atoms with van der Waals surface area (Å²) in [6.45, 7) is 0. The lowest BCUT2D eigenvalue weighted by Crippen LogP contribution is -2.16. The quantitative estimate of drug-likeness (QED) is 0.591. The molecule has 0 saturated heterocycles. The summed E-state index contributed by atoms with van der Waals surface area (Å²) in [6.07, 6.45) is 0. The fraction of sp³-hybridized carbons (Fsp3) is 0. The average Bonchev–Trinajstić information content (AvgIpc) is 2.87. The van der Waals surface area contributed by atoms with E-state index in [9.17, 15) is 16.8 Å². The van der Waals surface area contributed by atoms with E-state index in [0.29, 0.717) is 9.86 Å². The first-order valence-corrected chi connectivity index (χ1v) is 10.8. The van der Waals surface area contributed by atoms with E-state index in [1.165, 1.54) is 24.3 Å². The van der Waals surface area contributed by atoms with E-state index < -0.39 is 24.1 Å². The van der Waals surface area contributed by atoms with Gasteiger partial charge in [0, 0.05) is 20.5 Å². The molecule has 0 spiro atoms. The fourth-order valence-corrected chi connectivity index (χ4v) is 5.67. The van der Waals surface area contributed by atoms with Crippen LogP contribution in [0.4, 0.5) is 0 Å². The molecule has 3 rings (SSSR count). The van der Waals surface area contributed by atoms with Gasteiger partial charge in [-0.1, -0.05) is 34.1 Å². The minimum absolute atomic E-state index is 0.0259. The van der Waals surface area contributed by atoms with Crippen LogP contribution in [0.3, 0.4) is 0 Å². The second-order valence-electron chi connectivity index (χ2n) is 4.71. The molecule has 0 amide bonds. The molecule has 2 aromatic carbocycles. The highest BCUT2D eigenvalue weighted by molar-refractivity contribution is 9.10. The number of nitrogens with zero attached hydrogens (tertiary/aromatic N) is 1. The van der Waals surface area contributed by atoms with Crippen molar-refractivity contribution in [1.82, 2.24) is 3.97 Å². The zero-order valence-electron chi connectivity index (χ0n) is 11.3. The van der Waals surface area contributed by atoms with Crippen LogP contribution in [0.15, 0.2) is 69.0 Å². The molecule has 0 fully saturated rings. The number of fused-ring (bicyclic) bond motifs is 1. The summed E-state index contributed by atoms with van der Waals surface area (Å²) in [7, 11) is -2.93. The number of benzene rings is 2. The Morgan fingerprint density at radius 2 is 1.57 bits per heavy atom. The number of halogens is 2. The summed E-state index contributed by atoms with van der Waals surface area (Å²) >= 11 is 3.27. The maximum absolute atomic E-state index is 12.9. The van der Waals surface area contributed by atoms with Crippen LogP contribution < -0.4 is 0 Å². The Kier molecular flexibility index (Phi) is 4.04. The molecule has 1 heterocycles. The molecule has 0 aliphatic carbocycles. The van der Waals surface area contributed by atoms with Gasteiger partial charge in [0.2, 0.25) is 0 Å². The van der Waals surface area contributed by atoms with Gasteiger partial charge in [-0.15, -0.1) is 0 Å². The Labute approximate surface area is 146 Å². The van der Waals surface area contributed by atoms with Gasteiger partial charge in [0.1, 0.15) is 0 Å². The monoisotopic (exact) mass is 433 g/mol. The molecule has 9 heteroatoms. The highest BCUT2D eigenvalue weighted by Gasteiger charge is 2.28. The van der Waals surface area contributed by atoms with E-state index in [1.54, 1.807) is 30.3 Å². The molecule has 0 saturated carbocycles. The average molecular weight is 435 g/mol. The van der Waals surface area contributed by atoms with E-state index in [1.807, 2.05) is 0 Å². The molecule has 0 aliphatic rings. The van der Waals surface area contributed by atoms with Crippen LogP contribution in [-0.2, 0) is 19.1 Å². The third kappa shape index (κ3) is 2.91. The molecular formula is C14H9BrClNO4S2. The molecule has 5 nitrogen and oxygen atoms in total. The number of aromatic nitrogens is 1. The molecule has 0 unspecified atom stereocenters. The second-order valence-corrected chi connectivity index (χ2v) is 9.92. The van der Waals surface area contributed by atoms with Crippen molar-refractivity contribution in [3.63, 3.8) is 0 Å². The normalized spacial score (nSPS) is 12.6. The lowest BCUT2D eigenvalue weighted by molar-refractivity contribution is 0.578. The Hall–Kier alpha value is -1.35. The molecule has 3 aromatic rings. The third-order valence-corrected chi connectivity index (χ3v) is 6.84. The highest BCUT2D eigenvalue weighted by atomic mass is 79.9.